The lowest BCUT2D eigenvalue weighted by molar-refractivity contribution is -0.116. The van der Waals surface area contributed by atoms with Crippen LogP contribution in [-0.2, 0) is 20.4 Å². The summed E-state index contributed by atoms with van der Waals surface area (Å²) < 4.78 is 46.8. The highest BCUT2D eigenvalue weighted by molar-refractivity contribution is 7.93. The van der Waals surface area contributed by atoms with Crippen LogP contribution in [0.1, 0.15) is 11.1 Å². The first kappa shape index (κ1) is 26.0. The van der Waals surface area contributed by atoms with Crippen molar-refractivity contribution in [1.82, 2.24) is 4.90 Å². The number of carbonyl (C=O) groups excluding carboxylic acids is 1. The molecule has 0 radical (unpaired) electrons. The molecule has 9 nitrogen and oxygen atoms in total. The Bertz CT molecular complexity index is 1090. The second-order valence-electron chi connectivity index (χ2n) is 7.38. The molecule has 2 rings (SSSR count). The summed E-state index contributed by atoms with van der Waals surface area (Å²) in [6, 6.07) is 8.13. The van der Waals surface area contributed by atoms with Gasteiger partial charge in [-0.15, -0.1) is 0 Å². The number of amides is 1. The van der Waals surface area contributed by atoms with Crippen molar-refractivity contribution in [3.63, 3.8) is 0 Å². The zero-order chi connectivity index (χ0) is 24.6. The molecule has 0 atom stereocenters. The van der Waals surface area contributed by atoms with E-state index in [0.29, 0.717) is 39.8 Å². The molecule has 2 aromatic carbocycles. The number of carbonyl (C=O) groups is 1. The Morgan fingerprint density at radius 3 is 2.06 bits per heavy atom. The summed E-state index contributed by atoms with van der Waals surface area (Å²) >= 11 is 0. The van der Waals surface area contributed by atoms with Gasteiger partial charge in [-0.2, -0.15) is 0 Å². The molecule has 1 amide bonds. The van der Waals surface area contributed by atoms with Gasteiger partial charge in [0.05, 0.1) is 52.0 Å². The number of hydrogen-bond donors (Lipinski definition) is 1. The fraction of sp³-hybridized carbons (Fsp3) is 0.348. The number of likely N-dealkylation sites (N-methyl/N-ethyl adjacent to an activating group) is 1. The maximum Gasteiger partial charge on any atom is 0.238 e. The lowest BCUT2D eigenvalue weighted by Gasteiger charge is -2.14. The minimum atomic E-state index is -3.67. The van der Waals surface area contributed by atoms with Gasteiger partial charge in [-0.1, -0.05) is 6.07 Å². The molecule has 0 spiro atoms. The average Bonchev–Trinajstić information content (AvgIpc) is 2.76. The summed E-state index contributed by atoms with van der Waals surface area (Å²) in [5.74, 6) is 1.26. The third-order valence-corrected chi connectivity index (χ3v) is 5.85. The van der Waals surface area contributed by atoms with Crippen LogP contribution < -0.4 is 24.3 Å². The Morgan fingerprint density at radius 1 is 0.939 bits per heavy atom. The van der Waals surface area contributed by atoms with Gasteiger partial charge in [-0.25, -0.2) is 8.42 Å². The molecular formula is C23H30N2O7S. The van der Waals surface area contributed by atoms with Crippen LogP contribution in [0.15, 0.2) is 35.7 Å². The second-order valence-corrected chi connectivity index (χ2v) is 9.26. The molecule has 1 N–H and O–H groups in total. The summed E-state index contributed by atoms with van der Waals surface area (Å²) in [4.78, 5) is 13.9. The van der Waals surface area contributed by atoms with Gasteiger partial charge in [0.15, 0.2) is 9.84 Å². The summed E-state index contributed by atoms with van der Waals surface area (Å²) in [6.07, 6.45) is 1.43. The van der Waals surface area contributed by atoms with E-state index in [9.17, 15) is 13.2 Å². The lowest BCUT2D eigenvalue weighted by atomic mass is 10.1. The smallest absolute Gasteiger partial charge is 0.238 e. The van der Waals surface area contributed by atoms with E-state index in [1.54, 1.807) is 49.3 Å². The quantitative estimate of drug-likeness (QED) is 0.526. The van der Waals surface area contributed by atoms with Crippen molar-refractivity contribution in [1.29, 1.82) is 0 Å². The molecule has 0 fully saturated rings. The molecule has 0 aromatic heterocycles. The van der Waals surface area contributed by atoms with E-state index < -0.39 is 9.84 Å². The molecule has 0 bridgehead atoms. The first-order valence-corrected chi connectivity index (χ1v) is 11.7. The minimum Gasteiger partial charge on any atom is -0.496 e. The zero-order valence-corrected chi connectivity index (χ0v) is 20.5. The fourth-order valence-electron chi connectivity index (χ4n) is 3.07. The molecule has 10 heteroatoms. The molecule has 0 saturated carbocycles. The highest BCUT2D eigenvalue weighted by Gasteiger charge is 2.15. The van der Waals surface area contributed by atoms with E-state index in [0.717, 1.165) is 5.41 Å². The SMILES string of the molecule is COc1cc(OC)c(C=CS(=O)(=O)Cc2ccc(OC)c(NC(=O)CN(C)C)c2)c(OC)c1. The van der Waals surface area contributed by atoms with Crippen LogP contribution in [0, 0.1) is 0 Å². The molecule has 0 heterocycles. The van der Waals surface area contributed by atoms with Gasteiger partial charge in [-0.3, -0.25) is 4.79 Å². The summed E-state index contributed by atoms with van der Waals surface area (Å²) in [6.45, 7) is 0.181. The number of methoxy groups -OCH3 is 4. The molecular weight excluding hydrogens is 448 g/mol. The predicted octanol–water partition coefficient (Wildman–Crippen LogP) is 2.81. The van der Waals surface area contributed by atoms with Crippen molar-refractivity contribution in [3.8, 4) is 23.0 Å². The van der Waals surface area contributed by atoms with Crippen LogP contribution in [0.3, 0.4) is 0 Å². The Balaban J connectivity index is 2.30. The Labute approximate surface area is 194 Å². The molecule has 0 aliphatic heterocycles. The van der Waals surface area contributed by atoms with E-state index in [4.69, 9.17) is 18.9 Å². The standard InChI is InChI=1S/C23H30N2O7S/c1-25(2)14-23(26)24-19-11-16(7-8-20(19)30-4)15-33(27,28)10-9-18-21(31-5)12-17(29-3)13-22(18)32-6/h7-13H,14-15H2,1-6H3,(H,24,26). The van der Waals surface area contributed by atoms with Crippen molar-refractivity contribution < 1.29 is 32.2 Å². The fourth-order valence-corrected chi connectivity index (χ4v) is 4.15. The van der Waals surface area contributed by atoms with Crippen LogP contribution in [0.2, 0.25) is 0 Å². The van der Waals surface area contributed by atoms with E-state index in [-0.39, 0.29) is 18.2 Å². The number of hydrogen-bond acceptors (Lipinski definition) is 8. The second kappa shape index (κ2) is 11.6. The molecule has 2 aromatic rings. The highest BCUT2D eigenvalue weighted by Crippen LogP contribution is 2.35. The maximum absolute atomic E-state index is 12.8. The Hall–Kier alpha value is -3.24. The summed E-state index contributed by atoms with van der Waals surface area (Å²) in [5.41, 5.74) is 1.37. The number of benzene rings is 2. The van der Waals surface area contributed by atoms with Crippen molar-refractivity contribution in [2.24, 2.45) is 0 Å². The van der Waals surface area contributed by atoms with Gasteiger partial charge < -0.3 is 29.2 Å². The van der Waals surface area contributed by atoms with Crippen LogP contribution in [-0.4, -0.2) is 68.3 Å². The molecule has 0 aliphatic rings. The Kier molecular flexibility index (Phi) is 9.12. The number of ether oxygens (including phenoxy) is 4. The van der Waals surface area contributed by atoms with Gasteiger partial charge in [0.25, 0.3) is 0 Å². The summed E-state index contributed by atoms with van der Waals surface area (Å²) in [7, 11) is 5.83. The molecule has 0 aliphatic carbocycles. The van der Waals surface area contributed by atoms with Crippen molar-refractivity contribution in [2.75, 3.05) is 54.4 Å². The van der Waals surface area contributed by atoms with Crippen molar-refractivity contribution in [3.05, 3.63) is 46.9 Å². The zero-order valence-electron chi connectivity index (χ0n) is 19.7. The average molecular weight is 479 g/mol. The van der Waals surface area contributed by atoms with Gasteiger partial charge >= 0.3 is 0 Å². The molecule has 180 valence electrons. The van der Waals surface area contributed by atoms with Gasteiger partial charge in [0.2, 0.25) is 5.91 Å². The van der Waals surface area contributed by atoms with Gasteiger partial charge in [-0.05, 0) is 37.9 Å². The number of sulfone groups is 1. The van der Waals surface area contributed by atoms with E-state index in [2.05, 4.69) is 5.32 Å². The third-order valence-electron chi connectivity index (χ3n) is 4.56. The molecule has 0 unspecified atom stereocenters. The van der Waals surface area contributed by atoms with Crippen LogP contribution in [0.4, 0.5) is 5.69 Å². The van der Waals surface area contributed by atoms with Gasteiger partial charge in [0.1, 0.15) is 23.0 Å². The van der Waals surface area contributed by atoms with E-state index in [1.807, 2.05) is 0 Å². The third kappa shape index (κ3) is 7.40. The monoisotopic (exact) mass is 478 g/mol. The van der Waals surface area contributed by atoms with Crippen molar-refractivity contribution in [2.45, 2.75) is 5.75 Å². The first-order valence-electron chi connectivity index (χ1n) is 9.94. The number of nitrogens with zero attached hydrogens (tertiary/aromatic N) is 1. The summed E-state index contributed by atoms with van der Waals surface area (Å²) in [5, 5.41) is 3.86. The highest BCUT2D eigenvalue weighted by atomic mass is 32.2. The van der Waals surface area contributed by atoms with Crippen LogP contribution in [0.25, 0.3) is 6.08 Å². The number of anilines is 1. The molecule has 33 heavy (non-hydrogen) atoms. The van der Waals surface area contributed by atoms with Crippen LogP contribution >= 0.6 is 0 Å². The first-order chi connectivity index (χ1) is 15.6. The number of rotatable bonds is 11. The topological polar surface area (TPSA) is 103 Å². The Morgan fingerprint density at radius 2 is 1.55 bits per heavy atom. The number of nitrogens with one attached hydrogen (secondary N) is 1. The van der Waals surface area contributed by atoms with E-state index in [1.165, 1.54) is 34.5 Å². The van der Waals surface area contributed by atoms with Crippen LogP contribution in [0.5, 0.6) is 23.0 Å². The predicted molar refractivity (Wildman–Crippen MR) is 128 cm³/mol. The largest absolute Gasteiger partial charge is 0.496 e. The van der Waals surface area contributed by atoms with E-state index >= 15 is 0 Å². The lowest BCUT2D eigenvalue weighted by Crippen LogP contribution is -2.27. The maximum atomic E-state index is 12.8. The van der Waals surface area contributed by atoms with Gasteiger partial charge in [0, 0.05) is 17.5 Å². The molecule has 0 saturated heterocycles. The minimum absolute atomic E-state index is 0.181. The van der Waals surface area contributed by atoms with Crippen molar-refractivity contribution >= 4 is 27.5 Å². The normalized spacial score (nSPS) is 11.5.